The van der Waals surface area contributed by atoms with Crippen molar-refractivity contribution in [2.24, 2.45) is 13.0 Å². The van der Waals surface area contributed by atoms with Crippen molar-refractivity contribution in [2.45, 2.75) is 32.0 Å². The van der Waals surface area contributed by atoms with E-state index >= 15 is 0 Å². The Labute approximate surface area is 197 Å². The third-order valence-corrected chi connectivity index (χ3v) is 6.24. The van der Waals surface area contributed by atoms with Crippen LogP contribution in [0.25, 0.3) is 0 Å². The minimum Gasteiger partial charge on any atom is -0.342 e. The summed E-state index contributed by atoms with van der Waals surface area (Å²) < 4.78 is 1.81. The van der Waals surface area contributed by atoms with Crippen LogP contribution in [-0.2, 0) is 11.8 Å². The van der Waals surface area contributed by atoms with Crippen molar-refractivity contribution in [1.82, 2.24) is 20.1 Å². The van der Waals surface area contributed by atoms with Gasteiger partial charge in [-0.05, 0) is 37.1 Å². The van der Waals surface area contributed by atoms with Gasteiger partial charge in [0.1, 0.15) is 0 Å². The molecule has 2 aromatic carbocycles. The van der Waals surface area contributed by atoms with Crippen LogP contribution in [0.4, 0.5) is 5.69 Å². The molecule has 9 heteroatoms. The minimum atomic E-state index is -0.369. The highest BCUT2D eigenvalue weighted by molar-refractivity contribution is 7.99. The van der Waals surface area contributed by atoms with Gasteiger partial charge in [0, 0.05) is 12.7 Å². The number of anilines is 1. The van der Waals surface area contributed by atoms with Gasteiger partial charge in [0.05, 0.1) is 22.4 Å². The maximum absolute atomic E-state index is 12.8. The number of nitrogens with zero attached hydrogens (tertiary/aromatic N) is 3. The number of amides is 2. The highest BCUT2D eigenvalue weighted by Crippen LogP contribution is 2.25. The number of rotatable bonds is 8. The molecule has 0 saturated heterocycles. The molecule has 0 aliphatic heterocycles. The first-order chi connectivity index (χ1) is 15.3. The van der Waals surface area contributed by atoms with Crippen LogP contribution < -0.4 is 10.6 Å². The normalized spacial score (nSPS) is 11.9. The Hall–Kier alpha value is -2.84. The number of benzene rings is 2. The summed E-state index contributed by atoms with van der Waals surface area (Å²) in [6.45, 7) is 5.98. The van der Waals surface area contributed by atoms with Crippen molar-refractivity contribution in [3.8, 4) is 0 Å². The molecule has 0 spiro atoms. The average Bonchev–Trinajstić information content (AvgIpc) is 3.12. The predicted octanol–water partition coefficient (Wildman–Crippen LogP) is 4.63. The average molecular weight is 472 g/mol. The number of halogens is 1. The molecule has 0 radical (unpaired) electrons. The van der Waals surface area contributed by atoms with E-state index in [-0.39, 0.29) is 29.5 Å². The summed E-state index contributed by atoms with van der Waals surface area (Å²) in [7, 11) is 1.83. The maximum Gasteiger partial charge on any atom is 0.253 e. The number of aromatic nitrogens is 3. The second kappa shape index (κ2) is 10.7. The van der Waals surface area contributed by atoms with Gasteiger partial charge >= 0.3 is 0 Å². The molecule has 1 atom stereocenters. The quantitative estimate of drug-likeness (QED) is 0.467. The predicted molar refractivity (Wildman–Crippen MR) is 128 cm³/mol. The van der Waals surface area contributed by atoms with Crippen LogP contribution in [-0.4, -0.2) is 32.3 Å². The fraction of sp³-hybridized carbons (Fsp3) is 0.304. The van der Waals surface area contributed by atoms with E-state index in [0.29, 0.717) is 21.6 Å². The lowest BCUT2D eigenvalue weighted by Gasteiger charge is -2.22. The molecule has 0 aliphatic carbocycles. The van der Waals surface area contributed by atoms with Gasteiger partial charge in [-0.3, -0.25) is 9.59 Å². The lowest BCUT2D eigenvalue weighted by atomic mass is 10.0. The van der Waals surface area contributed by atoms with Gasteiger partial charge in [-0.15, -0.1) is 10.2 Å². The van der Waals surface area contributed by atoms with Crippen molar-refractivity contribution in [1.29, 1.82) is 0 Å². The third-order valence-electron chi connectivity index (χ3n) is 4.89. The molecule has 1 unspecified atom stereocenters. The SMILES string of the molecule is Cc1ccc(NC(=O)CSc2nnc(C(NC(=O)c3ccccc3Cl)C(C)C)n2C)cc1. The number of thioether (sulfide) groups is 1. The highest BCUT2D eigenvalue weighted by atomic mass is 35.5. The van der Waals surface area contributed by atoms with E-state index in [1.165, 1.54) is 11.8 Å². The monoisotopic (exact) mass is 471 g/mol. The van der Waals surface area contributed by atoms with E-state index in [2.05, 4.69) is 20.8 Å². The summed E-state index contributed by atoms with van der Waals surface area (Å²) in [4.78, 5) is 25.1. The summed E-state index contributed by atoms with van der Waals surface area (Å²) in [5.74, 6) is 0.465. The van der Waals surface area contributed by atoms with Crippen molar-refractivity contribution < 1.29 is 9.59 Å². The fourth-order valence-corrected chi connectivity index (χ4v) is 4.02. The van der Waals surface area contributed by atoms with Crippen LogP contribution >= 0.6 is 23.4 Å². The molecule has 2 N–H and O–H groups in total. The Balaban J connectivity index is 1.67. The lowest BCUT2D eigenvalue weighted by molar-refractivity contribution is -0.113. The molecule has 0 aliphatic rings. The molecule has 1 aromatic heterocycles. The molecule has 2 amide bonds. The van der Waals surface area contributed by atoms with E-state index in [1.807, 2.05) is 52.1 Å². The summed E-state index contributed by atoms with van der Waals surface area (Å²) in [6, 6.07) is 14.2. The second-order valence-electron chi connectivity index (χ2n) is 7.78. The Morgan fingerprint density at radius 2 is 1.78 bits per heavy atom. The van der Waals surface area contributed by atoms with Crippen LogP contribution in [0.1, 0.15) is 41.6 Å². The van der Waals surface area contributed by atoms with Gasteiger partial charge in [-0.2, -0.15) is 0 Å². The molecule has 3 aromatic rings. The molecule has 3 rings (SSSR count). The van der Waals surface area contributed by atoms with Crippen LogP contribution in [0, 0.1) is 12.8 Å². The molecule has 1 heterocycles. The van der Waals surface area contributed by atoms with Crippen molar-refractivity contribution >= 4 is 40.9 Å². The van der Waals surface area contributed by atoms with E-state index < -0.39 is 0 Å². The van der Waals surface area contributed by atoms with E-state index in [0.717, 1.165) is 11.3 Å². The first-order valence-corrected chi connectivity index (χ1v) is 11.6. The molecule has 32 heavy (non-hydrogen) atoms. The molecule has 0 saturated carbocycles. The van der Waals surface area contributed by atoms with Crippen LogP contribution in [0.15, 0.2) is 53.7 Å². The van der Waals surface area contributed by atoms with Crippen LogP contribution in [0.5, 0.6) is 0 Å². The number of carbonyl (C=O) groups is 2. The number of aryl methyl sites for hydroxylation is 1. The van der Waals surface area contributed by atoms with Crippen LogP contribution in [0.2, 0.25) is 5.02 Å². The molecule has 0 fully saturated rings. The Morgan fingerprint density at radius 3 is 2.44 bits per heavy atom. The molecule has 7 nitrogen and oxygen atoms in total. The minimum absolute atomic E-state index is 0.0621. The van der Waals surface area contributed by atoms with Crippen molar-refractivity contribution in [2.75, 3.05) is 11.1 Å². The summed E-state index contributed by atoms with van der Waals surface area (Å²) in [5.41, 5.74) is 2.29. The summed E-state index contributed by atoms with van der Waals surface area (Å²) >= 11 is 7.45. The van der Waals surface area contributed by atoms with Gasteiger partial charge in [0.25, 0.3) is 5.91 Å². The Bertz CT molecular complexity index is 1100. The Kier molecular flexibility index (Phi) is 7.93. The smallest absolute Gasteiger partial charge is 0.253 e. The van der Waals surface area contributed by atoms with E-state index in [4.69, 9.17) is 11.6 Å². The number of hydrogen-bond donors (Lipinski definition) is 2. The van der Waals surface area contributed by atoms with Gasteiger partial charge < -0.3 is 15.2 Å². The molecular weight excluding hydrogens is 446 g/mol. The van der Waals surface area contributed by atoms with Gasteiger partial charge in [0.2, 0.25) is 5.91 Å². The summed E-state index contributed by atoms with van der Waals surface area (Å²) in [5, 5.41) is 15.4. The molecule has 168 valence electrons. The maximum atomic E-state index is 12.8. The zero-order chi connectivity index (χ0) is 23.3. The zero-order valence-electron chi connectivity index (χ0n) is 18.4. The van der Waals surface area contributed by atoms with E-state index in [9.17, 15) is 9.59 Å². The fourth-order valence-electron chi connectivity index (χ4n) is 3.08. The zero-order valence-corrected chi connectivity index (χ0v) is 20.0. The van der Waals surface area contributed by atoms with Crippen molar-refractivity contribution in [3.05, 3.63) is 70.5 Å². The van der Waals surface area contributed by atoms with Gasteiger partial charge in [-0.25, -0.2) is 0 Å². The third kappa shape index (κ3) is 5.89. The Morgan fingerprint density at radius 1 is 1.09 bits per heavy atom. The first-order valence-electron chi connectivity index (χ1n) is 10.2. The lowest BCUT2D eigenvalue weighted by Crippen LogP contribution is -2.33. The highest BCUT2D eigenvalue weighted by Gasteiger charge is 2.26. The topological polar surface area (TPSA) is 88.9 Å². The molecular formula is C23H26ClN5O2S. The van der Waals surface area contributed by atoms with E-state index in [1.54, 1.807) is 28.8 Å². The second-order valence-corrected chi connectivity index (χ2v) is 9.13. The largest absolute Gasteiger partial charge is 0.342 e. The van der Waals surface area contributed by atoms with Gasteiger partial charge in [0.15, 0.2) is 11.0 Å². The summed E-state index contributed by atoms with van der Waals surface area (Å²) in [6.07, 6.45) is 0. The van der Waals surface area contributed by atoms with Crippen molar-refractivity contribution in [3.63, 3.8) is 0 Å². The molecule has 0 bridgehead atoms. The number of carbonyl (C=O) groups excluding carboxylic acids is 2. The standard InChI is InChI=1S/C23H26ClN5O2S/c1-14(2)20(26-22(31)17-7-5-6-8-18(17)24)21-27-28-23(29(21)4)32-13-19(30)25-16-11-9-15(3)10-12-16/h5-12,14,20H,13H2,1-4H3,(H,25,30)(H,26,31). The van der Waals surface area contributed by atoms with Crippen LogP contribution in [0.3, 0.4) is 0 Å². The number of nitrogens with one attached hydrogen (secondary N) is 2. The number of hydrogen-bond acceptors (Lipinski definition) is 5. The van der Waals surface area contributed by atoms with Gasteiger partial charge in [-0.1, -0.05) is 67.0 Å². The first kappa shape index (κ1) is 23.8.